The number of halogens is 2. The number of rotatable bonds is 5. The molecule has 0 saturated carbocycles. The Morgan fingerprint density at radius 3 is 2.37 bits per heavy atom. The molecule has 156 valence electrons. The van der Waals surface area contributed by atoms with E-state index in [1.807, 2.05) is 0 Å². The van der Waals surface area contributed by atoms with E-state index in [0.717, 1.165) is 19.1 Å². The van der Waals surface area contributed by atoms with Crippen molar-refractivity contribution in [3.63, 3.8) is 0 Å². The standard InChI is InChI=1S/C21H17ClFNO5S/c1-9-6-14(13-5-4-12(23)7-15(13)22)17(19(26)27)18(16-8-30-11(3)24-16)21(9,10(2)25)20(28)29/h4-8,18H,1-3H3,(H,26,27)(H,28,29). The zero-order chi connectivity index (χ0) is 22.4. The van der Waals surface area contributed by atoms with Crippen molar-refractivity contribution in [2.45, 2.75) is 26.7 Å². The quantitative estimate of drug-likeness (QED) is 0.652. The summed E-state index contributed by atoms with van der Waals surface area (Å²) >= 11 is 7.39. The molecular weight excluding hydrogens is 433 g/mol. The van der Waals surface area contributed by atoms with Gasteiger partial charge in [-0.25, -0.2) is 14.2 Å². The van der Waals surface area contributed by atoms with Crippen molar-refractivity contribution in [3.05, 3.63) is 67.9 Å². The largest absolute Gasteiger partial charge is 0.480 e. The Balaban J connectivity index is 2.47. The number of carbonyl (C=O) groups is 3. The van der Waals surface area contributed by atoms with Crippen LogP contribution in [0.3, 0.4) is 0 Å². The third kappa shape index (κ3) is 3.26. The van der Waals surface area contributed by atoms with E-state index in [0.29, 0.717) is 5.01 Å². The molecule has 0 saturated heterocycles. The molecule has 3 rings (SSSR count). The summed E-state index contributed by atoms with van der Waals surface area (Å²) in [5, 5.41) is 22.3. The van der Waals surface area contributed by atoms with E-state index in [1.54, 1.807) is 12.3 Å². The molecule has 2 atom stereocenters. The number of carboxylic acids is 2. The van der Waals surface area contributed by atoms with Gasteiger partial charge in [-0.05, 0) is 50.1 Å². The van der Waals surface area contributed by atoms with Crippen LogP contribution in [0, 0.1) is 18.2 Å². The molecular formula is C21H17ClFNO5S. The lowest BCUT2D eigenvalue weighted by atomic mass is 9.60. The van der Waals surface area contributed by atoms with Gasteiger partial charge in [-0.3, -0.25) is 9.59 Å². The summed E-state index contributed by atoms with van der Waals surface area (Å²) in [4.78, 5) is 41.9. The molecule has 6 nitrogen and oxygen atoms in total. The maximum Gasteiger partial charge on any atom is 0.332 e. The fourth-order valence-corrected chi connectivity index (χ4v) is 4.89. The predicted octanol–water partition coefficient (Wildman–Crippen LogP) is 4.49. The van der Waals surface area contributed by atoms with Gasteiger partial charge >= 0.3 is 11.9 Å². The Morgan fingerprint density at radius 2 is 1.90 bits per heavy atom. The molecule has 1 aromatic heterocycles. The van der Waals surface area contributed by atoms with Crippen LogP contribution in [0.1, 0.15) is 36.0 Å². The first-order chi connectivity index (χ1) is 14.0. The first-order valence-electron chi connectivity index (χ1n) is 8.79. The number of carbonyl (C=O) groups excluding carboxylic acids is 1. The molecule has 0 fully saturated rings. The zero-order valence-electron chi connectivity index (χ0n) is 16.2. The van der Waals surface area contributed by atoms with Crippen LogP contribution < -0.4 is 0 Å². The summed E-state index contributed by atoms with van der Waals surface area (Å²) in [7, 11) is 0. The Morgan fingerprint density at radius 1 is 1.23 bits per heavy atom. The molecule has 0 spiro atoms. The summed E-state index contributed by atoms with van der Waals surface area (Å²) < 4.78 is 13.6. The fourth-order valence-electron chi connectivity index (χ4n) is 3.98. The van der Waals surface area contributed by atoms with Crippen LogP contribution in [0.2, 0.25) is 5.02 Å². The second-order valence-electron chi connectivity index (χ2n) is 6.98. The number of aryl methyl sites for hydroxylation is 1. The Kier molecular flexibility index (Phi) is 5.66. The molecule has 2 aromatic rings. The van der Waals surface area contributed by atoms with Crippen LogP contribution in [0.5, 0.6) is 0 Å². The number of allylic oxidation sites excluding steroid dienone is 2. The first kappa shape index (κ1) is 21.9. The lowest BCUT2D eigenvalue weighted by Gasteiger charge is -2.39. The number of ketones is 1. The van der Waals surface area contributed by atoms with E-state index in [4.69, 9.17) is 11.6 Å². The third-order valence-electron chi connectivity index (χ3n) is 5.27. The van der Waals surface area contributed by atoms with Gasteiger partial charge < -0.3 is 10.2 Å². The fraction of sp³-hybridized carbons (Fsp3) is 0.238. The molecule has 1 heterocycles. The van der Waals surface area contributed by atoms with Crippen LogP contribution in [0.25, 0.3) is 5.57 Å². The number of thiazole rings is 1. The van der Waals surface area contributed by atoms with Gasteiger partial charge in [0.1, 0.15) is 5.82 Å². The van der Waals surface area contributed by atoms with Crippen molar-refractivity contribution < 1.29 is 29.0 Å². The van der Waals surface area contributed by atoms with Gasteiger partial charge in [-0.15, -0.1) is 11.3 Å². The highest BCUT2D eigenvalue weighted by atomic mass is 35.5. The highest BCUT2D eigenvalue weighted by Gasteiger charge is 2.58. The van der Waals surface area contributed by atoms with Crippen LogP contribution in [0.15, 0.2) is 40.8 Å². The van der Waals surface area contributed by atoms with Gasteiger partial charge in [0, 0.05) is 10.9 Å². The van der Waals surface area contributed by atoms with Crippen LogP contribution in [0.4, 0.5) is 4.39 Å². The van der Waals surface area contributed by atoms with Gasteiger partial charge in [0.2, 0.25) is 0 Å². The predicted molar refractivity (Wildman–Crippen MR) is 110 cm³/mol. The Labute approximate surface area is 180 Å². The van der Waals surface area contributed by atoms with Crippen LogP contribution in [-0.2, 0) is 14.4 Å². The molecule has 0 bridgehead atoms. The monoisotopic (exact) mass is 449 g/mol. The van der Waals surface area contributed by atoms with Gasteiger partial charge in [0.15, 0.2) is 11.2 Å². The molecule has 2 N–H and O–H groups in total. The number of aliphatic carboxylic acids is 2. The van der Waals surface area contributed by atoms with Crippen molar-refractivity contribution in [2.24, 2.45) is 5.41 Å². The second-order valence-corrected chi connectivity index (χ2v) is 8.45. The van der Waals surface area contributed by atoms with E-state index in [1.165, 1.54) is 30.4 Å². The summed E-state index contributed by atoms with van der Waals surface area (Å²) in [5.74, 6) is -5.61. The van der Waals surface area contributed by atoms with Crippen LogP contribution >= 0.6 is 22.9 Å². The summed E-state index contributed by atoms with van der Waals surface area (Å²) in [6, 6.07) is 3.49. The summed E-state index contributed by atoms with van der Waals surface area (Å²) in [5.41, 5.74) is -1.86. The minimum Gasteiger partial charge on any atom is -0.480 e. The number of benzene rings is 1. The molecule has 2 unspecified atom stereocenters. The maximum atomic E-state index is 13.6. The molecule has 1 aliphatic rings. The topological polar surface area (TPSA) is 105 Å². The number of aromatic nitrogens is 1. The van der Waals surface area contributed by atoms with E-state index >= 15 is 0 Å². The van der Waals surface area contributed by atoms with E-state index in [-0.39, 0.29) is 33.0 Å². The lowest BCUT2D eigenvalue weighted by Crippen LogP contribution is -2.48. The maximum absolute atomic E-state index is 13.6. The SMILES string of the molecule is CC(=O)C1(C(=O)O)C(C)=CC(c2ccc(F)cc2Cl)=C(C(=O)O)C1c1csc(C)n1. The number of Topliss-reactive ketones (excluding diaryl/α,β-unsaturated/α-hetero) is 1. The van der Waals surface area contributed by atoms with Crippen molar-refractivity contribution >= 4 is 46.2 Å². The second kappa shape index (κ2) is 7.77. The zero-order valence-corrected chi connectivity index (χ0v) is 17.8. The van der Waals surface area contributed by atoms with Crippen LogP contribution in [-0.4, -0.2) is 32.9 Å². The van der Waals surface area contributed by atoms with E-state index < -0.39 is 34.9 Å². The Bertz CT molecular complexity index is 1140. The van der Waals surface area contributed by atoms with Crippen molar-refractivity contribution in [1.82, 2.24) is 4.98 Å². The molecule has 1 aliphatic carbocycles. The minimum atomic E-state index is -2.15. The average molecular weight is 450 g/mol. The lowest BCUT2D eigenvalue weighted by molar-refractivity contribution is -0.152. The highest BCUT2D eigenvalue weighted by Crippen LogP contribution is 2.53. The van der Waals surface area contributed by atoms with Gasteiger partial charge in [0.25, 0.3) is 0 Å². The summed E-state index contributed by atoms with van der Waals surface area (Å²) in [6.45, 7) is 4.27. The molecule has 30 heavy (non-hydrogen) atoms. The normalized spacial score (nSPS) is 21.4. The first-order valence-corrected chi connectivity index (χ1v) is 10.1. The number of nitrogens with zero attached hydrogens (tertiary/aromatic N) is 1. The van der Waals surface area contributed by atoms with E-state index in [9.17, 15) is 29.0 Å². The number of carboxylic acid groups (broad SMARTS) is 2. The van der Waals surface area contributed by atoms with Crippen molar-refractivity contribution in [2.75, 3.05) is 0 Å². The molecule has 0 radical (unpaired) electrons. The molecule has 1 aromatic carbocycles. The van der Waals surface area contributed by atoms with Gasteiger partial charge in [-0.1, -0.05) is 17.7 Å². The average Bonchev–Trinajstić information content (AvgIpc) is 3.05. The van der Waals surface area contributed by atoms with Gasteiger partial charge in [-0.2, -0.15) is 0 Å². The molecule has 0 amide bonds. The van der Waals surface area contributed by atoms with Crippen molar-refractivity contribution in [3.8, 4) is 0 Å². The Hall–Kier alpha value is -2.84. The number of hydrogen-bond donors (Lipinski definition) is 2. The van der Waals surface area contributed by atoms with E-state index in [2.05, 4.69) is 4.98 Å². The summed E-state index contributed by atoms with van der Waals surface area (Å²) in [6.07, 6.45) is 1.33. The minimum absolute atomic E-state index is 0.0355. The molecule has 0 aliphatic heterocycles. The van der Waals surface area contributed by atoms with Gasteiger partial charge in [0.05, 0.1) is 27.2 Å². The van der Waals surface area contributed by atoms with Crippen molar-refractivity contribution in [1.29, 1.82) is 0 Å². The highest BCUT2D eigenvalue weighted by molar-refractivity contribution is 7.09. The molecule has 9 heteroatoms. The number of hydrogen-bond acceptors (Lipinski definition) is 5. The third-order valence-corrected chi connectivity index (χ3v) is 6.38. The smallest absolute Gasteiger partial charge is 0.332 e.